The largest absolute Gasteiger partial charge is 0.457 e. The lowest BCUT2D eigenvalue weighted by molar-refractivity contribution is -0.117. The Morgan fingerprint density at radius 1 is 1.06 bits per heavy atom. The third-order valence-corrected chi connectivity index (χ3v) is 5.24. The molecule has 0 aliphatic carbocycles. The molecule has 0 aliphatic heterocycles. The van der Waals surface area contributed by atoms with Crippen LogP contribution in [-0.2, 0) is 23.7 Å². The van der Waals surface area contributed by atoms with Crippen LogP contribution in [0.25, 0.3) is 11.0 Å². The number of rotatable bonds is 6. The number of amides is 1. The summed E-state index contributed by atoms with van der Waals surface area (Å²) in [4.78, 5) is 20.0. The minimum absolute atomic E-state index is 0.0717. The summed E-state index contributed by atoms with van der Waals surface area (Å²) in [6.07, 6.45) is 1.67. The second kappa shape index (κ2) is 8.34. The molecule has 0 spiro atoms. The third kappa shape index (κ3) is 4.72. The molecule has 0 unspecified atom stereocenters. The van der Waals surface area contributed by atoms with Crippen LogP contribution < -0.4 is 15.8 Å². The van der Waals surface area contributed by atoms with Gasteiger partial charge in [-0.2, -0.15) is 0 Å². The SMILES string of the molecule is Cn1c(Nc2ccc(C(C)(C)C)cc2)nc2cc(Oc3ccnc(CC(N)=O)c3)ccc21. The highest BCUT2D eigenvalue weighted by Gasteiger charge is 2.14. The van der Waals surface area contributed by atoms with E-state index in [9.17, 15) is 4.79 Å². The third-order valence-electron chi connectivity index (χ3n) is 5.24. The maximum Gasteiger partial charge on any atom is 0.223 e. The number of carbonyl (C=O) groups is 1. The van der Waals surface area contributed by atoms with E-state index in [2.05, 4.69) is 55.3 Å². The Bertz CT molecular complexity index is 1270. The number of benzene rings is 2. The van der Waals surface area contributed by atoms with Crippen molar-refractivity contribution in [2.75, 3.05) is 5.32 Å². The van der Waals surface area contributed by atoms with E-state index in [1.54, 1.807) is 18.3 Å². The van der Waals surface area contributed by atoms with Crippen LogP contribution in [0.1, 0.15) is 32.0 Å². The number of anilines is 2. The number of hydrogen-bond acceptors (Lipinski definition) is 5. The number of aryl methyl sites for hydroxylation is 1. The van der Waals surface area contributed by atoms with Crippen LogP contribution in [-0.4, -0.2) is 20.4 Å². The van der Waals surface area contributed by atoms with Crippen LogP contribution in [0.4, 0.5) is 11.6 Å². The molecule has 1 amide bonds. The number of nitrogens with one attached hydrogen (secondary N) is 1. The summed E-state index contributed by atoms with van der Waals surface area (Å²) < 4.78 is 7.97. The molecule has 4 rings (SSSR count). The minimum atomic E-state index is -0.433. The minimum Gasteiger partial charge on any atom is -0.457 e. The first kappa shape index (κ1) is 21.4. The van der Waals surface area contributed by atoms with Crippen molar-refractivity contribution in [1.82, 2.24) is 14.5 Å². The Balaban J connectivity index is 1.55. The van der Waals surface area contributed by atoms with Crippen molar-refractivity contribution in [3.8, 4) is 11.5 Å². The van der Waals surface area contributed by atoms with Gasteiger partial charge in [-0.1, -0.05) is 32.9 Å². The summed E-state index contributed by atoms with van der Waals surface area (Å²) in [5, 5.41) is 3.39. The average Bonchev–Trinajstić information content (AvgIpc) is 3.02. The molecule has 0 bridgehead atoms. The number of imidazole rings is 1. The fraction of sp³-hybridized carbons (Fsp3) is 0.240. The highest BCUT2D eigenvalue weighted by atomic mass is 16.5. The van der Waals surface area contributed by atoms with E-state index >= 15 is 0 Å². The Morgan fingerprint density at radius 2 is 1.78 bits per heavy atom. The Labute approximate surface area is 187 Å². The maximum atomic E-state index is 11.1. The summed E-state index contributed by atoms with van der Waals surface area (Å²) in [6.45, 7) is 6.60. The van der Waals surface area contributed by atoms with Crippen molar-refractivity contribution >= 4 is 28.6 Å². The fourth-order valence-electron chi connectivity index (χ4n) is 3.47. The molecule has 0 aliphatic rings. The second-order valence-electron chi connectivity index (χ2n) is 8.83. The number of nitrogens with two attached hydrogens (primary N) is 1. The summed E-state index contributed by atoms with van der Waals surface area (Å²) in [6, 6.07) is 17.6. The average molecular weight is 430 g/mol. The topological polar surface area (TPSA) is 95.1 Å². The van der Waals surface area contributed by atoms with E-state index in [1.807, 2.05) is 29.8 Å². The first-order valence-electron chi connectivity index (χ1n) is 10.4. The van der Waals surface area contributed by atoms with Gasteiger partial charge in [0.25, 0.3) is 0 Å². The first-order valence-corrected chi connectivity index (χ1v) is 10.4. The number of hydrogen-bond donors (Lipinski definition) is 2. The monoisotopic (exact) mass is 429 g/mol. The van der Waals surface area contributed by atoms with Gasteiger partial charge in [-0.3, -0.25) is 9.78 Å². The summed E-state index contributed by atoms with van der Waals surface area (Å²) in [5.41, 5.74) is 9.98. The van der Waals surface area contributed by atoms with Gasteiger partial charge in [-0.15, -0.1) is 0 Å². The lowest BCUT2D eigenvalue weighted by Gasteiger charge is -2.19. The van der Waals surface area contributed by atoms with Gasteiger partial charge in [-0.05, 0) is 41.3 Å². The van der Waals surface area contributed by atoms with Crippen molar-refractivity contribution < 1.29 is 9.53 Å². The molecular formula is C25H27N5O2. The standard InChI is InChI=1S/C25H27N5O2/c1-25(2,3)16-5-7-17(8-6-16)28-24-29-21-15-19(9-10-22(21)30(24)4)32-20-11-12-27-18(13-20)14-23(26)31/h5-13,15H,14H2,1-4H3,(H2,26,31)(H,28,29). The van der Waals surface area contributed by atoms with Gasteiger partial charge in [0.05, 0.1) is 23.1 Å². The predicted molar refractivity (Wildman–Crippen MR) is 126 cm³/mol. The molecule has 7 heteroatoms. The van der Waals surface area contributed by atoms with E-state index in [0.29, 0.717) is 17.2 Å². The van der Waals surface area contributed by atoms with Crippen LogP contribution in [0.15, 0.2) is 60.8 Å². The molecule has 2 aromatic heterocycles. The van der Waals surface area contributed by atoms with E-state index in [4.69, 9.17) is 15.5 Å². The normalized spacial score (nSPS) is 11.5. The van der Waals surface area contributed by atoms with Crippen molar-refractivity contribution in [1.29, 1.82) is 0 Å². The van der Waals surface area contributed by atoms with Gasteiger partial charge in [0.15, 0.2) is 0 Å². The fourth-order valence-corrected chi connectivity index (χ4v) is 3.47. The highest BCUT2D eigenvalue weighted by molar-refractivity contribution is 5.81. The van der Waals surface area contributed by atoms with Gasteiger partial charge < -0.3 is 20.4 Å². The van der Waals surface area contributed by atoms with Gasteiger partial charge in [0.1, 0.15) is 11.5 Å². The van der Waals surface area contributed by atoms with Crippen molar-refractivity contribution in [3.05, 3.63) is 72.1 Å². The number of aromatic nitrogens is 3. The molecule has 2 aromatic carbocycles. The number of pyridine rings is 1. The molecule has 0 atom stereocenters. The van der Waals surface area contributed by atoms with E-state index in [-0.39, 0.29) is 11.8 Å². The maximum absolute atomic E-state index is 11.1. The van der Waals surface area contributed by atoms with Gasteiger partial charge in [0, 0.05) is 31.1 Å². The van der Waals surface area contributed by atoms with Crippen molar-refractivity contribution in [3.63, 3.8) is 0 Å². The number of primary amides is 1. The molecule has 0 fully saturated rings. The van der Waals surface area contributed by atoms with Gasteiger partial charge >= 0.3 is 0 Å². The molecular weight excluding hydrogens is 402 g/mol. The van der Waals surface area contributed by atoms with Gasteiger partial charge in [0.2, 0.25) is 11.9 Å². The molecule has 164 valence electrons. The molecule has 7 nitrogen and oxygen atoms in total. The zero-order valence-electron chi connectivity index (χ0n) is 18.7. The molecule has 0 saturated heterocycles. The lowest BCUT2D eigenvalue weighted by atomic mass is 9.87. The quantitative estimate of drug-likeness (QED) is 0.458. The molecule has 4 aromatic rings. The van der Waals surface area contributed by atoms with Crippen LogP contribution in [0.2, 0.25) is 0 Å². The van der Waals surface area contributed by atoms with Crippen molar-refractivity contribution in [2.45, 2.75) is 32.6 Å². The van der Waals surface area contributed by atoms with Crippen molar-refractivity contribution in [2.24, 2.45) is 12.8 Å². The number of ether oxygens (including phenoxy) is 1. The van der Waals surface area contributed by atoms with E-state index in [0.717, 1.165) is 22.7 Å². The van der Waals surface area contributed by atoms with Crippen LogP contribution in [0.3, 0.4) is 0 Å². The summed E-state index contributed by atoms with van der Waals surface area (Å²) in [7, 11) is 1.97. The smallest absolute Gasteiger partial charge is 0.223 e. The summed E-state index contributed by atoms with van der Waals surface area (Å²) in [5.74, 6) is 1.54. The van der Waals surface area contributed by atoms with Crippen LogP contribution in [0.5, 0.6) is 11.5 Å². The van der Waals surface area contributed by atoms with E-state index in [1.165, 1.54) is 5.56 Å². The zero-order chi connectivity index (χ0) is 22.9. The molecule has 0 saturated carbocycles. The Morgan fingerprint density at radius 3 is 2.47 bits per heavy atom. The Hall–Kier alpha value is -3.87. The molecule has 0 radical (unpaired) electrons. The van der Waals surface area contributed by atoms with Crippen LogP contribution >= 0.6 is 0 Å². The first-order chi connectivity index (χ1) is 15.2. The summed E-state index contributed by atoms with van der Waals surface area (Å²) >= 11 is 0. The second-order valence-corrected chi connectivity index (χ2v) is 8.83. The lowest BCUT2D eigenvalue weighted by Crippen LogP contribution is -2.14. The molecule has 3 N–H and O–H groups in total. The van der Waals surface area contributed by atoms with E-state index < -0.39 is 5.91 Å². The number of carbonyl (C=O) groups excluding carboxylic acids is 1. The zero-order valence-corrected chi connectivity index (χ0v) is 18.7. The number of fused-ring (bicyclic) bond motifs is 1. The van der Waals surface area contributed by atoms with Gasteiger partial charge in [-0.25, -0.2) is 4.98 Å². The van der Waals surface area contributed by atoms with Crippen LogP contribution in [0, 0.1) is 0 Å². The molecule has 2 heterocycles. The highest BCUT2D eigenvalue weighted by Crippen LogP contribution is 2.29. The molecule has 32 heavy (non-hydrogen) atoms. The Kier molecular flexibility index (Phi) is 5.57. The predicted octanol–water partition coefficient (Wildman–Crippen LogP) is 4.83. The number of nitrogens with zero attached hydrogens (tertiary/aromatic N) is 3.